The molecule has 144 valence electrons. The van der Waals surface area contributed by atoms with Gasteiger partial charge in [-0.3, -0.25) is 0 Å². The number of oxime groups is 1. The first-order chi connectivity index (χ1) is 12.9. The van der Waals surface area contributed by atoms with E-state index in [0.29, 0.717) is 18.7 Å². The van der Waals surface area contributed by atoms with Gasteiger partial charge in [0.25, 0.3) is 0 Å². The number of rotatable bonds is 5. The van der Waals surface area contributed by atoms with Crippen molar-refractivity contribution in [2.24, 2.45) is 5.16 Å². The number of benzene rings is 2. The molecular formula is C21H24FNO3S. The lowest BCUT2D eigenvalue weighted by atomic mass is 9.87. The molecule has 2 aromatic rings. The summed E-state index contributed by atoms with van der Waals surface area (Å²) in [5, 5.41) is 12.2. The Bertz CT molecular complexity index is 871. The zero-order valence-corrected chi connectivity index (χ0v) is 16.8. The number of methoxy groups -OCH3 is 1. The van der Waals surface area contributed by atoms with Crippen LogP contribution in [0.3, 0.4) is 0 Å². The molecule has 0 radical (unpaired) electrons. The van der Waals surface area contributed by atoms with E-state index in [1.54, 1.807) is 14.0 Å². The first kappa shape index (κ1) is 19.9. The van der Waals surface area contributed by atoms with Gasteiger partial charge in [-0.15, -0.1) is 0 Å². The van der Waals surface area contributed by atoms with Crippen LogP contribution in [0.4, 0.5) is 4.39 Å². The Morgan fingerprint density at radius 2 is 2.07 bits per heavy atom. The predicted octanol–water partition coefficient (Wildman–Crippen LogP) is 5.13. The van der Waals surface area contributed by atoms with Gasteiger partial charge in [0.05, 0.1) is 18.4 Å². The van der Waals surface area contributed by atoms with Crippen molar-refractivity contribution < 1.29 is 19.1 Å². The maximum atomic E-state index is 14.4. The van der Waals surface area contributed by atoms with E-state index in [9.17, 15) is 4.39 Å². The summed E-state index contributed by atoms with van der Waals surface area (Å²) in [5.74, 6) is -0.290. The van der Waals surface area contributed by atoms with Crippen molar-refractivity contribution in [3.05, 3.63) is 58.9 Å². The third kappa shape index (κ3) is 3.88. The number of hydrogen-bond donors (Lipinski definition) is 1. The molecule has 6 heteroatoms. The van der Waals surface area contributed by atoms with Gasteiger partial charge in [0.1, 0.15) is 11.4 Å². The van der Waals surface area contributed by atoms with Crippen LogP contribution < -0.4 is 0 Å². The van der Waals surface area contributed by atoms with Crippen molar-refractivity contribution >= 4 is 17.5 Å². The second-order valence-electron chi connectivity index (χ2n) is 6.80. The van der Waals surface area contributed by atoms with E-state index >= 15 is 0 Å². The fourth-order valence-corrected chi connectivity index (χ4v) is 4.65. The third-order valence-corrected chi connectivity index (χ3v) is 6.16. The minimum absolute atomic E-state index is 0.135. The Balaban J connectivity index is 1.93. The minimum atomic E-state index is -0.619. The number of hydrogen-bond acceptors (Lipinski definition) is 5. The van der Waals surface area contributed by atoms with E-state index < -0.39 is 5.60 Å². The molecule has 0 saturated carbocycles. The highest BCUT2D eigenvalue weighted by atomic mass is 32.2. The van der Waals surface area contributed by atoms with Crippen LogP contribution in [0.25, 0.3) is 0 Å². The van der Waals surface area contributed by atoms with Gasteiger partial charge in [-0.05, 0) is 62.2 Å². The van der Waals surface area contributed by atoms with Crippen molar-refractivity contribution in [1.82, 2.24) is 0 Å². The van der Waals surface area contributed by atoms with Crippen LogP contribution >= 0.6 is 11.8 Å². The van der Waals surface area contributed by atoms with Crippen LogP contribution in [-0.2, 0) is 15.1 Å². The highest BCUT2D eigenvalue weighted by molar-refractivity contribution is 7.99. The molecule has 1 heterocycles. The quantitative estimate of drug-likeness (QED) is 0.437. The Morgan fingerprint density at radius 1 is 1.30 bits per heavy atom. The van der Waals surface area contributed by atoms with E-state index in [1.807, 2.05) is 38.1 Å². The van der Waals surface area contributed by atoms with Crippen molar-refractivity contribution in [3.63, 3.8) is 0 Å². The lowest BCUT2D eigenvalue weighted by molar-refractivity contribution is -0.0650. The molecule has 2 unspecified atom stereocenters. The average molecular weight is 389 g/mol. The zero-order chi connectivity index (χ0) is 19.6. The number of nitrogens with zero attached hydrogens (tertiary/aromatic N) is 1. The van der Waals surface area contributed by atoms with Crippen LogP contribution in [0.15, 0.2) is 51.3 Å². The summed E-state index contributed by atoms with van der Waals surface area (Å²) in [6, 6.07) is 10.9. The minimum Gasteiger partial charge on any atom is -0.411 e. The Hall–Kier alpha value is -1.89. The lowest BCUT2D eigenvalue weighted by Gasteiger charge is -2.31. The molecule has 1 fully saturated rings. The zero-order valence-electron chi connectivity index (χ0n) is 16.0. The van der Waals surface area contributed by atoms with Gasteiger partial charge in [0.2, 0.25) is 0 Å². The predicted molar refractivity (Wildman–Crippen MR) is 104 cm³/mol. The first-order valence-corrected chi connectivity index (χ1v) is 9.66. The summed E-state index contributed by atoms with van der Waals surface area (Å²) >= 11 is 1.49. The number of aryl methyl sites for hydroxylation is 1. The third-order valence-electron chi connectivity index (χ3n) is 5.20. The van der Waals surface area contributed by atoms with Crippen LogP contribution in [0.5, 0.6) is 0 Å². The molecule has 1 aliphatic heterocycles. The highest BCUT2D eigenvalue weighted by Crippen LogP contribution is 2.41. The molecule has 4 nitrogen and oxygen atoms in total. The van der Waals surface area contributed by atoms with Gasteiger partial charge in [-0.25, -0.2) is 4.39 Å². The molecule has 0 amide bonds. The van der Waals surface area contributed by atoms with Crippen LogP contribution in [0.1, 0.15) is 37.0 Å². The summed E-state index contributed by atoms with van der Waals surface area (Å²) < 4.78 is 25.8. The van der Waals surface area contributed by atoms with E-state index in [2.05, 4.69) is 5.16 Å². The molecule has 27 heavy (non-hydrogen) atoms. The second-order valence-corrected chi connectivity index (χ2v) is 7.94. The van der Waals surface area contributed by atoms with E-state index in [-0.39, 0.29) is 11.9 Å². The van der Waals surface area contributed by atoms with Crippen molar-refractivity contribution in [2.45, 2.75) is 48.7 Å². The molecule has 3 rings (SSSR count). The smallest absolute Gasteiger partial charge is 0.124 e. The Labute approximate surface area is 163 Å². The summed E-state index contributed by atoms with van der Waals surface area (Å²) in [6.45, 7) is 6.27. The van der Waals surface area contributed by atoms with Crippen LogP contribution in [0.2, 0.25) is 0 Å². The molecule has 0 aliphatic carbocycles. The topological polar surface area (TPSA) is 51.0 Å². The average Bonchev–Trinajstić information content (AvgIpc) is 3.02. The maximum Gasteiger partial charge on any atom is 0.124 e. The van der Waals surface area contributed by atoms with E-state index in [1.165, 1.54) is 23.9 Å². The molecular weight excluding hydrogens is 365 g/mol. The van der Waals surface area contributed by atoms with Crippen LogP contribution in [0, 0.1) is 12.7 Å². The normalized spacial score (nSPS) is 23.0. The lowest BCUT2D eigenvalue weighted by Crippen LogP contribution is -2.35. The second kappa shape index (κ2) is 8.00. The van der Waals surface area contributed by atoms with Gasteiger partial charge < -0.3 is 14.7 Å². The SMILES string of the molecule is COC1(c2cc(F)cc(Sc3ccc(/C(C)=N/O)c(C)c3)c2)CCOC1C. The fraction of sp³-hybridized carbons (Fsp3) is 0.381. The van der Waals surface area contributed by atoms with Gasteiger partial charge in [-0.2, -0.15) is 0 Å². The molecule has 1 aliphatic rings. The molecule has 0 spiro atoms. The number of halogens is 1. The van der Waals surface area contributed by atoms with Gasteiger partial charge >= 0.3 is 0 Å². The Morgan fingerprint density at radius 3 is 2.67 bits per heavy atom. The van der Waals surface area contributed by atoms with E-state index in [4.69, 9.17) is 14.7 Å². The summed E-state index contributed by atoms with van der Waals surface area (Å²) in [4.78, 5) is 1.79. The summed E-state index contributed by atoms with van der Waals surface area (Å²) in [6.07, 6.45) is 0.565. The largest absolute Gasteiger partial charge is 0.411 e. The molecule has 2 aromatic carbocycles. The first-order valence-electron chi connectivity index (χ1n) is 8.85. The Kier molecular flexibility index (Phi) is 5.89. The van der Waals surface area contributed by atoms with Crippen molar-refractivity contribution in [3.8, 4) is 0 Å². The monoisotopic (exact) mass is 389 g/mol. The molecule has 1 N–H and O–H groups in total. The molecule has 0 aromatic heterocycles. The van der Waals surface area contributed by atoms with E-state index in [0.717, 1.165) is 26.5 Å². The summed E-state index contributed by atoms with van der Waals surface area (Å²) in [5.41, 5.74) is 2.63. The highest BCUT2D eigenvalue weighted by Gasteiger charge is 2.43. The van der Waals surface area contributed by atoms with Gasteiger partial charge in [0.15, 0.2) is 0 Å². The van der Waals surface area contributed by atoms with Gasteiger partial charge in [0, 0.05) is 28.9 Å². The fourth-order valence-electron chi connectivity index (χ4n) is 3.65. The van der Waals surface area contributed by atoms with Crippen molar-refractivity contribution in [2.75, 3.05) is 13.7 Å². The maximum absolute atomic E-state index is 14.4. The number of ether oxygens (including phenoxy) is 2. The molecule has 1 saturated heterocycles. The molecule has 0 bridgehead atoms. The van der Waals surface area contributed by atoms with Crippen molar-refractivity contribution in [1.29, 1.82) is 0 Å². The summed E-state index contributed by atoms with van der Waals surface area (Å²) in [7, 11) is 1.65. The van der Waals surface area contributed by atoms with Crippen LogP contribution in [-0.4, -0.2) is 30.7 Å². The molecule has 2 atom stereocenters. The standard InChI is InChI=1S/C21H24FNO3S/c1-13-9-18(5-6-20(13)14(2)23-24)27-19-11-16(10-17(22)12-19)21(25-4)7-8-26-15(21)3/h5-6,9-12,15,24H,7-8H2,1-4H3/b23-14+. The van der Waals surface area contributed by atoms with Gasteiger partial charge in [-0.1, -0.05) is 23.0 Å².